The Kier molecular flexibility index (Phi) is 17.3. The molecule has 0 aliphatic carbocycles. The maximum atomic E-state index is 12.6. The van der Waals surface area contributed by atoms with Gasteiger partial charge in [-0.2, -0.15) is 5.26 Å². The largest absolute Gasteiger partial charge is 0.311 e. The first-order valence-electron chi connectivity index (χ1n) is 40.7. The fraction of sp³-hybridized carbons (Fsp3) is 0.262. The molecule has 0 saturated carbocycles. The summed E-state index contributed by atoms with van der Waals surface area (Å²) in [4.78, 5) is 5.15. The molecule has 0 atom stereocenters. The zero-order chi connectivity index (χ0) is 79.7. The Bertz CT molecular complexity index is 6230. The molecule has 5 nitrogen and oxygen atoms in total. The van der Waals surface area contributed by atoms with Crippen LogP contribution >= 0.6 is 0 Å². The van der Waals surface area contributed by atoms with Crippen molar-refractivity contribution in [2.45, 2.75) is 183 Å². The third-order valence-electron chi connectivity index (χ3n) is 24.4. The molecule has 0 spiro atoms. The molecule has 0 radical (unpaired) electrons. The van der Waals surface area contributed by atoms with E-state index in [4.69, 9.17) is 0 Å². The van der Waals surface area contributed by atoms with Crippen molar-refractivity contribution in [3.63, 3.8) is 0 Å². The van der Waals surface area contributed by atoms with Crippen molar-refractivity contribution in [1.82, 2.24) is 9.13 Å². The van der Waals surface area contributed by atoms with E-state index in [9.17, 15) is 5.26 Å². The Labute approximate surface area is 671 Å². The number of aromatic nitrogens is 2. The van der Waals surface area contributed by atoms with Crippen LogP contribution in [0.15, 0.2) is 261 Å². The molecule has 0 N–H and O–H groups in total. The zero-order valence-electron chi connectivity index (χ0n) is 70.1. The number of benzene rings is 13. The zero-order valence-corrected chi connectivity index (χ0v) is 70.1. The van der Waals surface area contributed by atoms with Crippen LogP contribution in [-0.2, 0) is 37.9 Å². The number of hydrogen-bond donors (Lipinski definition) is 0. The van der Waals surface area contributed by atoms with Gasteiger partial charge in [0.1, 0.15) is 11.6 Å². The Morgan fingerprint density at radius 3 is 1.12 bits per heavy atom. The van der Waals surface area contributed by atoms with Crippen LogP contribution in [0.4, 0.5) is 34.1 Å². The van der Waals surface area contributed by atoms with Crippen molar-refractivity contribution >= 4 is 101 Å². The van der Waals surface area contributed by atoms with Crippen molar-refractivity contribution in [2.75, 3.05) is 9.80 Å². The minimum absolute atomic E-state index is 0.0346. The van der Waals surface area contributed by atoms with Gasteiger partial charge in [-0.25, -0.2) is 0 Å². The predicted octanol–water partition coefficient (Wildman–Crippen LogP) is 27.6. The normalized spacial score (nSPS) is 13.5. The molecule has 562 valence electrons. The molecule has 0 unspecified atom stereocenters. The number of anilines is 6. The SMILES string of the molecule is CC(C)(C)c1ccc(-c2cc(-c3ccccc3)cc(N3c4cc(-n5c6ccc(C(C)(C)C)cc6c6cc(C(C)(C)C)ccc65)ccc4B4c5ccc(-c6cc(C(C)(C)C)cc(C(C)(C)C)c6)cc5N(c5cccc(-n6c7ccccc7c7ccccc76)c5C#N)c5cc(-c6cc(C(C)(C)C)cc(C(C)(C)C)c6)cc3c54)c2)cc1. The second kappa shape index (κ2) is 26.4. The Morgan fingerprint density at radius 2 is 0.628 bits per heavy atom. The van der Waals surface area contributed by atoms with Gasteiger partial charge >= 0.3 is 0 Å². The molecule has 2 aliphatic heterocycles. The molecule has 15 aromatic rings. The summed E-state index contributed by atoms with van der Waals surface area (Å²) in [6.45, 7) is 48.6. The highest BCUT2D eigenvalue weighted by molar-refractivity contribution is 7.00. The average molecular weight is 1470 g/mol. The number of para-hydroxylation sites is 2. The topological polar surface area (TPSA) is 40.1 Å². The van der Waals surface area contributed by atoms with E-state index in [2.05, 4.69) is 431 Å². The maximum Gasteiger partial charge on any atom is 0.252 e. The number of nitriles is 1. The van der Waals surface area contributed by atoms with Crippen LogP contribution in [0, 0.1) is 11.3 Å². The lowest BCUT2D eigenvalue weighted by Gasteiger charge is -2.45. The van der Waals surface area contributed by atoms with Gasteiger partial charge in [0, 0.05) is 55.7 Å². The average Bonchev–Trinajstić information content (AvgIpc) is 1.12. The molecule has 113 heavy (non-hydrogen) atoms. The van der Waals surface area contributed by atoms with Crippen LogP contribution in [0.25, 0.3) is 99.5 Å². The summed E-state index contributed by atoms with van der Waals surface area (Å²) in [7, 11) is 0. The summed E-state index contributed by atoms with van der Waals surface area (Å²) >= 11 is 0. The van der Waals surface area contributed by atoms with Crippen LogP contribution in [0.1, 0.15) is 190 Å². The maximum absolute atomic E-state index is 12.6. The van der Waals surface area contributed by atoms with Gasteiger partial charge in [-0.3, -0.25) is 0 Å². The summed E-state index contributed by atoms with van der Waals surface area (Å²) in [5.74, 6) is 0. The van der Waals surface area contributed by atoms with E-state index in [1.54, 1.807) is 0 Å². The van der Waals surface area contributed by atoms with E-state index in [1.165, 1.54) is 66.2 Å². The number of nitrogens with zero attached hydrogens (tertiary/aromatic N) is 5. The van der Waals surface area contributed by atoms with Crippen molar-refractivity contribution in [1.29, 1.82) is 5.26 Å². The van der Waals surface area contributed by atoms with Gasteiger partial charge in [0.15, 0.2) is 0 Å². The van der Waals surface area contributed by atoms with Gasteiger partial charge < -0.3 is 18.9 Å². The summed E-state index contributed by atoms with van der Waals surface area (Å²) in [6, 6.07) is 103. The molecule has 2 aromatic heterocycles. The molecule has 0 fully saturated rings. The van der Waals surface area contributed by atoms with Crippen LogP contribution in [0.5, 0.6) is 0 Å². The Morgan fingerprint density at radius 1 is 0.239 bits per heavy atom. The third kappa shape index (κ3) is 13.0. The molecule has 0 bridgehead atoms. The van der Waals surface area contributed by atoms with Crippen molar-refractivity contribution in [3.05, 3.63) is 305 Å². The van der Waals surface area contributed by atoms with E-state index >= 15 is 0 Å². The molecule has 2 aliphatic rings. The quantitative estimate of drug-likeness (QED) is 0.142. The molecule has 0 amide bonds. The highest BCUT2D eigenvalue weighted by atomic mass is 15.2. The molecule has 0 saturated heterocycles. The first-order valence-corrected chi connectivity index (χ1v) is 40.7. The van der Waals surface area contributed by atoms with E-state index in [0.717, 1.165) is 123 Å². The monoisotopic (exact) mass is 1470 g/mol. The van der Waals surface area contributed by atoms with Crippen molar-refractivity contribution < 1.29 is 0 Å². The third-order valence-corrected chi connectivity index (χ3v) is 24.4. The lowest BCUT2D eigenvalue weighted by molar-refractivity contribution is 0.568. The van der Waals surface area contributed by atoms with E-state index in [-0.39, 0.29) is 44.6 Å². The second-order valence-electron chi connectivity index (χ2n) is 39.6. The summed E-state index contributed by atoms with van der Waals surface area (Å²) in [5.41, 5.74) is 33.7. The molecular weight excluding hydrogens is 1370 g/mol. The summed E-state index contributed by atoms with van der Waals surface area (Å²) < 4.78 is 4.87. The summed E-state index contributed by atoms with van der Waals surface area (Å²) in [5, 5.41) is 17.3. The van der Waals surface area contributed by atoms with E-state index < -0.39 is 0 Å². The van der Waals surface area contributed by atoms with Crippen LogP contribution in [0.2, 0.25) is 0 Å². The van der Waals surface area contributed by atoms with Crippen molar-refractivity contribution in [3.8, 4) is 62.0 Å². The smallest absolute Gasteiger partial charge is 0.252 e. The predicted molar refractivity (Wildman–Crippen MR) is 487 cm³/mol. The minimum atomic E-state index is -0.304. The van der Waals surface area contributed by atoms with E-state index in [1.807, 2.05) is 0 Å². The van der Waals surface area contributed by atoms with Gasteiger partial charge in [0.05, 0.1) is 33.4 Å². The van der Waals surface area contributed by atoms with Crippen molar-refractivity contribution in [2.24, 2.45) is 0 Å². The summed E-state index contributed by atoms with van der Waals surface area (Å²) in [6.07, 6.45) is 0. The molecule has 17 rings (SSSR count). The number of hydrogen-bond acceptors (Lipinski definition) is 3. The Balaban J connectivity index is 1.04. The molecule has 4 heterocycles. The minimum Gasteiger partial charge on any atom is -0.311 e. The highest BCUT2D eigenvalue weighted by Crippen LogP contribution is 2.52. The number of rotatable bonds is 8. The lowest BCUT2D eigenvalue weighted by atomic mass is 9.33. The molecular formula is C107H106BN5. The fourth-order valence-corrected chi connectivity index (χ4v) is 17.6. The molecule has 13 aromatic carbocycles. The van der Waals surface area contributed by atoms with Gasteiger partial charge in [-0.1, -0.05) is 309 Å². The van der Waals surface area contributed by atoms with Gasteiger partial charge in [-0.15, -0.1) is 0 Å². The first-order chi connectivity index (χ1) is 53.4. The first kappa shape index (κ1) is 74.4. The Hall–Kier alpha value is -11.4. The van der Waals surface area contributed by atoms with E-state index in [0.29, 0.717) is 5.56 Å². The van der Waals surface area contributed by atoms with Gasteiger partial charge in [-0.05, 0) is 235 Å². The lowest BCUT2D eigenvalue weighted by Crippen LogP contribution is -2.61. The van der Waals surface area contributed by atoms with Gasteiger partial charge in [0.2, 0.25) is 0 Å². The van der Waals surface area contributed by atoms with Gasteiger partial charge in [0.25, 0.3) is 6.71 Å². The standard InChI is InChI=1S/C107H106BN5/c1-101(2,3)74-41-38-67(39-42-74)70-50-69(66-30-23-22-24-31-66)55-82(56-70)111-97-64-81(110-94-48-43-75(102(4,5)6)62-85(94)86-63-76(103(7,8)9)44-49-95(86)110)45-47-89(97)108-88-46-40-68(71-51-77(104(10,11)12)60-78(52-71)105(13,14)15)57-96(88)113(99-59-73(58-98(111)100(99)108)72-53-79(106(16,17)18)61-80(54-72)107(19,20)21)93-37-29-36-92(87(93)65-109)112-90-34-27-25-32-83(90)84-33-26-28-35-91(84)112/h22-64H,1-21H3. The number of fused-ring (bicyclic) bond motifs is 10. The highest BCUT2D eigenvalue weighted by Gasteiger charge is 2.45. The second-order valence-corrected chi connectivity index (χ2v) is 39.6. The van der Waals surface area contributed by atoms with Crippen LogP contribution < -0.4 is 26.2 Å². The van der Waals surface area contributed by atoms with Crippen LogP contribution in [0.3, 0.4) is 0 Å². The molecule has 6 heteroatoms. The van der Waals surface area contributed by atoms with Crippen LogP contribution in [-0.4, -0.2) is 15.8 Å². The fourth-order valence-electron chi connectivity index (χ4n) is 17.6.